The Labute approximate surface area is 163 Å². The van der Waals surface area contributed by atoms with E-state index in [9.17, 15) is 14.4 Å². The van der Waals surface area contributed by atoms with Crippen molar-refractivity contribution in [2.75, 3.05) is 24.6 Å². The van der Waals surface area contributed by atoms with E-state index >= 15 is 0 Å². The second-order valence-corrected chi connectivity index (χ2v) is 7.12. The maximum atomic E-state index is 12.6. The molecule has 146 valence electrons. The van der Waals surface area contributed by atoms with Gasteiger partial charge in [-0.1, -0.05) is 5.57 Å². The van der Waals surface area contributed by atoms with E-state index < -0.39 is 12.0 Å². The predicted octanol–water partition coefficient (Wildman–Crippen LogP) is 3.33. The summed E-state index contributed by atoms with van der Waals surface area (Å²) < 4.78 is 5.07. The number of allylic oxidation sites excluding steroid dienone is 1. The molecular formula is C19H25N3O4S. The van der Waals surface area contributed by atoms with Crippen molar-refractivity contribution in [3.05, 3.63) is 28.2 Å². The second kappa shape index (κ2) is 8.94. The molecule has 1 atom stereocenters. The van der Waals surface area contributed by atoms with Crippen molar-refractivity contribution in [1.82, 2.24) is 5.32 Å². The molecular weight excluding hydrogens is 366 g/mol. The summed E-state index contributed by atoms with van der Waals surface area (Å²) in [4.78, 5) is 42.2. The highest BCUT2D eigenvalue weighted by molar-refractivity contribution is 7.15. The third-order valence-corrected chi connectivity index (χ3v) is 5.45. The molecule has 0 bridgehead atoms. The van der Waals surface area contributed by atoms with Crippen LogP contribution >= 0.6 is 11.3 Å². The Bertz CT molecular complexity index is 810. The van der Waals surface area contributed by atoms with E-state index in [1.54, 1.807) is 26.2 Å². The Hall–Kier alpha value is -2.48. The van der Waals surface area contributed by atoms with E-state index in [-0.39, 0.29) is 25.0 Å². The largest absolute Gasteiger partial charge is 0.449 e. The topological polar surface area (TPSA) is 88.1 Å². The summed E-state index contributed by atoms with van der Waals surface area (Å²) in [6, 6.07) is 0. The van der Waals surface area contributed by atoms with E-state index in [0.29, 0.717) is 28.4 Å². The van der Waals surface area contributed by atoms with Crippen molar-refractivity contribution in [3.8, 4) is 0 Å². The third-order valence-electron chi connectivity index (χ3n) is 4.35. The number of carbonyl (C=O) groups excluding carboxylic acids is 3. The number of hydrogen-bond donors (Lipinski definition) is 1. The smallest absolute Gasteiger partial charge is 0.414 e. The molecule has 0 radical (unpaired) electrons. The van der Waals surface area contributed by atoms with Crippen LogP contribution in [0, 0.1) is 12.8 Å². The zero-order valence-electron chi connectivity index (χ0n) is 16.3. The van der Waals surface area contributed by atoms with E-state index in [2.05, 4.69) is 10.3 Å². The van der Waals surface area contributed by atoms with E-state index in [4.69, 9.17) is 4.74 Å². The molecule has 7 nitrogen and oxygen atoms in total. The van der Waals surface area contributed by atoms with Crippen LogP contribution in [0.15, 0.2) is 22.0 Å². The minimum absolute atomic E-state index is 0.191. The molecule has 1 aliphatic rings. The lowest BCUT2D eigenvalue weighted by Gasteiger charge is -2.20. The van der Waals surface area contributed by atoms with Crippen LogP contribution in [0.1, 0.15) is 43.6 Å². The first kappa shape index (κ1) is 20.8. The van der Waals surface area contributed by atoms with Gasteiger partial charge in [0, 0.05) is 24.2 Å². The lowest BCUT2D eigenvalue weighted by molar-refractivity contribution is -0.120. The highest BCUT2D eigenvalue weighted by atomic mass is 32.1. The molecule has 27 heavy (non-hydrogen) atoms. The van der Waals surface area contributed by atoms with Crippen molar-refractivity contribution in [3.63, 3.8) is 0 Å². The minimum atomic E-state index is -0.442. The van der Waals surface area contributed by atoms with Gasteiger partial charge in [-0.05, 0) is 46.3 Å². The van der Waals surface area contributed by atoms with E-state index in [1.165, 1.54) is 16.2 Å². The van der Waals surface area contributed by atoms with Gasteiger partial charge in [0.05, 0.1) is 18.1 Å². The van der Waals surface area contributed by atoms with Crippen LogP contribution in [0.4, 0.5) is 9.80 Å². The summed E-state index contributed by atoms with van der Waals surface area (Å²) in [6.07, 6.45) is 1.42. The fourth-order valence-electron chi connectivity index (χ4n) is 2.90. The molecule has 0 saturated carbocycles. The average Bonchev–Trinajstić information content (AvgIpc) is 2.96. The Kier molecular flexibility index (Phi) is 6.90. The van der Waals surface area contributed by atoms with Crippen LogP contribution in [-0.2, 0) is 9.53 Å². The number of hydrogen-bond acceptors (Lipinski definition) is 5. The number of anilines is 1. The Morgan fingerprint density at radius 3 is 2.59 bits per heavy atom. The molecule has 0 aliphatic carbocycles. The average molecular weight is 391 g/mol. The van der Waals surface area contributed by atoms with Crippen molar-refractivity contribution in [2.24, 2.45) is 10.9 Å². The number of amides is 3. The molecule has 0 saturated heterocycles. The molecule has 0 spiro atoms. The number of aliphatic imine (C=N–C) groups is 1. The summed E-state index contributed by atoms with van der Waals surface area (Å²) in [7, 11) is 0. The minimum Gasteiger partial charge on any atom is -0.449 e. The molecule has 1 aromatic heterocycles. The van der Waals surface area contributed by atoms with Gasteiger partial charge in [-0.2, -0.15) is 0 Å². The van der Waals surface area contributed by atoms with E-state index in [0.717, 1.165) is 5.57 Å². The summed E-state index contributed by atoms with van der Waals surface area (Å²) in [5, 5.41) is 5.22. The maximum absolute atomic E-state index is 12.6. The van der Waals surface area contributed by atoms with Gasteiger partial charge in [-0.3, -0.25) is 14.5 Å². The third kappa shape index (κ3) is 4.63. The Morgan fingerprint density at radius 2 is 2.00 bits per heavy atom. The fraction of sp³-hybridized carbons (Fsp3) is 0.474. The first-order chi connectivity index (χ1) is 12.8. The van der Waals surface area contributed by atoms with Crippen LogP contribution in [-0.4, -0.2) is 43.3 Å². The van der Waals surface area contributed by atoms with Crippen LogP contribution in [0.5, 0.6) is 0 Å². The lowest BCUT2D eigenvalue weighted by Crippen LogP contribution is -2.35. The highest BCUT2D eigenvalue weighted by Gasteiger charge is 2.26. The number of rotatable bonds is 6. The summed E-state index contributed by atoms with van der Waals surface area (Å²) >= 11 is 1.32. The van der Waals surface area contributed by atoms with Gasteiger partial charge >= 0.3 is 6.09 Å². The number of nitrogens with one attached hydrogen (secondary N) is 1. The zero-order valence-corrected chi connectivity index (χ0v) is 17.1. The number of nitrogens with zero attached hydrogens (tertiary/aromatic N) is 2. The highest BCUT2D eigenvalue weighted by Crippen LogP contribution is 2.31. The first-order valence-electron chi connectivity index (χ1n) is 8.88. The molecule has 1 N–H and O–H groups in total. The van der Waals surface area contributed by atoms with Gasteiger partial charge in [0.25, 0.3) is 11.8 Å². The number of dihydropyridines is 1. The van der Waals surface area contributed by atoms with E-state index in [1.807, 2.05) is 19.9 Å². The van der Waals surface area contributed by atoms with Gasteiger partial charge < -0.3 is 10.1 Å². The fourth-order valence-corrected chi connectivity index (χ4v) is 4.03. The second-order valence-electron chi connectivity index (χ2n) is 6.27. The van der Waals surface area contributed by atoms with Gasteiger partial charge in [0.15, 0.2) is 0 Å². The Morgan fingerprint density at radius 1 is 1.30 bits per heavy atom. The van der Waals surface area contributed by atoms with Crippen molar-refractivity contribution >= 4 is 40.0 Å². The number of ether oxygens (including phenoxy) is 1. The van der Waals surface area contributed by atoms with Gasteiger partial charge in [0.2, 0.25) is 0 Å². The van der Waals surface area contributed by atoms with Crippen molar-refractivity contribution in [1.29, 1.82) is 0 Å². The van der Waals surface area contributed by atoms with Gasteiger partial charge in [0.1, 0.15) is 5.00 Å². The molecule has 3 amide bonds. The predicted molar refractivity (Wildman–Crippen MR) is 107 cm³/mol. The van der Waals surface area contributed by atoms with Crippen molar-refractivity contribution < 1.29 is 19.1 Å². The molecule has 0 fully saturated rings. The van der Waals surface area contributed by atoms with Crippen LogP contribution in [0.3, 0.4) is 0 Å². The molecule has 8 heteroatoms. The summed E-state index contributed by atoms with van der Waals surface area (Å²) in [6.45, 7) is 9.96. The van der Waals surface area contributed by atoms with Gasteiger partial charge in [-0.25, -0.2) is 9.79 Å². The molecule has 2 heterocycles. The first-order valence-corrected chi connectivity index (χ1v) is 9.75. The standard InChI is InChI=1S/C19H25N3O4S/c1-6-22(19(25)26-7-2)18-13(5)15(10-27-18)16(23)20-9-14-11(3)8-12(4)21-17(14)24/h8,10,14H,6-7,9H2,1-5H3,(H,20,23). The maximum Gasteiger partial charge on any atom is 0.414 e. The monoisotopic (exact) mass is 391 g/mol. The summed E-state index contributed by atoms with van der Waals surface area (Å²) in [5.41, 5.74) is 2.76. The summed E-state index contributed by atoms with van der Waals surface area (Å²) in [5.74, 6) is -0.959. The van der Waals surface area contributed by atoms with Gasteiger partial charge in [-0.15, -0.1) is 11.3 Å². The normalized spacial score (nSPS) is 16.5. The number of thiophene rings is 1. The molecule has 1 aliphatic heterocycles. The molecule has 1 aromatic rings. The Balaban J connectivity index is 2.10. The number of carbonyl (C=O) groups is 3. The lowest BCUT2D eigenvalue weighted by atomic mass is 9.95. The molecule has 2 rings (SSSR count). The zero-order chi connectivity index (χ0) is 20.1. The molecule has 1 unspecified atom stereocenters. The SMILES string of the molecule is CCOC(=O)N(CC)c1scc(C(=O)NCC2C(=O)N=C(C)C=C2C)c1C. The van der Waals surface area contributed by atoms with Crippen molar-refractivity contribution in [2.45, 2.75) is 34.6 Å². The van der Waals surface area contributed by atoms with Crippen LogP contribution in [0.25, 0.3) is 0 Å². The van der Waals surface area contributed by atoms with Crippen LogP contribution in [0.2, 0.25) is 0 Å². The molecule has 0 aromatic carbocycles. The van der Waals surface area contributed by atoms with Crippen LogP contribution < -0.4 is 10.2 Å². The quantitative estimate of drug-likeness (QED) is 0.806.